The van der Waals surface area contributed by atoms with Crippen molar-refractivity contribution in [2.24, 2.45) is 0 Å². The molecule has 1 aliphatic heterocycles. The third-order valence-corrected chi connectivity index (χ3v) is 6.46. The summed E-state index contributed by atoms with van der Waals surface area (Å²) in [5, 5.41) is 0. The molecule has 1 fully saturated rings. The summed E-state index contributed by atoms with van der Waals surface area (Å²) in [6.45, 7) is 1.21. The average Bonchev–Trinajstić information content (AvgIpc) is 3.12. The van der Waals surface area contributed by atoms with Gasteiger partial charge >= 0.3 is 0 Å². The number of aryl methyl sites for hydroxylation is 1. The Bertz CT molecular complexity index is 757. The highest BCUT2D eigenvalue weighted by Crippen LogP contribution is 2.29. The van der Waals surface area contributed by atoms with Crippen molar-refractivity contribution in [3.63, 3.8) is 0 Å². The second-order valence-electron chi connectivity index (χ2n) is 6.17. The highest BCUT2D eigenvalue weighted by atomic mass is 32.2. The second-order valence-corrected chi connectivity index (χ2v) is 8.26. The molecule has 0 aromatic heterocycles. The molecular formula is C19H23NO3S. The van der Waals surface area contributed by atoms with Gasteiger partial charge in [-0.25, -0.2) is 12.7 Å². The molecule has 0 bridgehead atoms. The van der Waals surface area contributed by atoms with Gasteiger partial charge in [0.05, 0.1) is 12.9 Å². The number of methoxy groups -OCH3 is 1. The molecule has 3 rings (SSSR count). The van der Waals surface area contributed by atoms with Crippen LogP contribution >= 0.6 is 0 Å². The predicted molar refractivity (Wildman–Crippen MR) is 95.9 cm³/mol. The number of hydrogen-bond donors (Lipinski definition) is 0. The summed E-state index contributed by atoms with van der Waals surface area (Å²) in [4.78, 5) is 0. The zero-order valence-corrected chi connectivity index (χ0v) is 14.7. The molecule has 1 heterocycles. The first-order chi connectivity index (χ1) is 11.6. The third kappa shape index (κ3) is 3.97. The van der Waals surface area contributed by atoms with Gasteiger partial charge in [0.25, 0.3) is 0 Å². The monoisotopic (exact) mass is 345 g/mol. The lowest BCUT2D eigenvalue weighted by molar-refractivity contribution is 0.414. The largest absolute Gasteiger partial charge is 0.497 e. The minimum absolute atomic E-state index is 0.154. The van der Waals surface area contributed by atoms with Crippen LogP contribution in [0.3, 0.4) is 0 Å². The lowest BCUT2D eigenvalue weighted by atomic mass is 9.99. The van der Waals surface area contributed by atoms with Crippen LogP contribution in [0.5, 0.6) is 5.75 Å². The maximum atomic E-state index is 12.6. The van der Waals surface area contributed by atoms with Gasteiger partial charge in [0, 0.05) is 13.1 Å². The maximum absolute atomic E-state index is 12.6. The van der Waals surface area contributed by atoms with E-state index in [9.17, 15) is 8.42 Å². The van der Waals surface area contributed by atoms with E-state index in [4.69, 9.17) is 4.74 Å². The van der Waals surface area contributed by atoms with Gasteiger partial charge in [-0.1, -0.05) is 42.5 Å². The van der Waals surface area contributed by atoms with Crippen LogP contribution in [-0.2, 0) is 16.4 Å². The fraction of sp³-hybridized carbons (Fsp3) is 0.368. The predicted octanol–water partition coefficient (Wildman–Crippen LogP) is 3.06. The molecule has 5 heteroatoms. The molecule has 0 saturated carbocycles. The first-order valence-electron chi connectivity index (χ1n) is 8.24. The molecule has 24 heavy (non-hydrogen) atoms. The van der Waals surface area contributed by atoms with Crippen LogP contribution in [0.4, 0.5) is 0 Å². The molecule has 0 N–H and O–H groups in total. The van der Waals surface area contributed by atoms with Gasteiger partial charge < -0.3 is 4.74 Å². The van der Waals surface area contributed by atoms with Gasteiger partial charge in [0.2, 0.25) is 10.0 Å². The molecule has 1 aliphatic rings. The number of benzene rings is 2. The Labute approximate surface area is 144 Å². The van der Waals surface area contributed by atoms with Crippen LogP contribution in [-0.4, -0.2) is 38.7 Å². The summed E-state index contributed by atoms with van der Waals surface area (Å²) in [6.07, 6.45) is 1.42. The fourth-order valence-electron chi connectivity index (χ4n) is 3.15. The number of sulfonamides is 1. The zero-order chi connectivity index (χ0) is 17.0. The number of ether oxygens (including phenoxy) is 1. The fourth-order valence-corrected chi connectivity index (χ4v) is 4.69. The molecule has 0 radical (unpaired) electrons. The molecule has 1 unspecified atom stereocenters. The van der Waals surface area contributed by atoms with E-state index in [0.29, 0.717) is 25.4 Å². The quantitative estimate of drug-likeness (QED) is 0.808. The molecule has 1 saturated heterocycles. The van der Waals surface area contributed by atoms with Crippen LogP contribution in [0, 0.1) is 0 Å². The molecule has 0 amide bonds. The van der Waals surface area contributed by atoms with Gasteiger partial charge in [0.15, 0.2) is 0 Å². The van der Waals surface area contributed by atoms with Crippen LogP contribution in [0.2, 0.25) is 0 Å². The van der Waals surface area contributed by atoms with Crippen LogP contribution in [0.25, 0.3) is 0 Å². The van der Waals surface area contributed by atoms with E-state index in [1.807, 2.05) is 42.5 Å². The van der Waals surface area contributed by atoms with E-state index < -0.39 is 10.0 Å². The third-order valence-electron chi connectivity index (χ3n) is 4.62. The summed E-state index contributed by atoms with van der Waals surface area (Å²) < 4.78 is 32.0. The number of hydrogen-bond acceptors (Lipinski definition) is 3. The summed E-state index contributed by atoms with van der Waals surface area (Å²) in [5.74, 6) is 1.25. The van der Waals surface area contributed by atoms with E-state index in [-0.39, 0.29) is 5.75 Å². The lowest BCUT2D eigenvalue weighted by Gasteiger charge is -2.17. The lowest BCUT2D eigenvalue weighted by Crippen LogP contribution is -2.31. The van der Waals surface area contributed by atoms with Crippen molar-refractivity contribution >= 4 is 10.0 Å². The van der Waals surface area contributed by atoms with Crippen molar-refractivity contribution in [2.75, 3.05) is 26.0 Å². The van der Waals surface area contributed by atoms with Crippen LogP contribution < -0.4 is 4.74 Å². The Balaban J connectivity index is 1.59. The van der Waals surface area contributed by atoms with E-state index >= 15 is 0 Å². The SMILES string of the molecule is COc1ccc(CCS(=O)(=O)N2CCC(c3ccccc3)C2)cc1. The van der Waals surface area contributed by atoms with Crippen molar-refractivity contribution in [2.45, 2.75) is 18.8 Å². The highest BCUT2D eigenvalue weighted by Gasteiger charge is 2.31. The van der Waals surface area contributed by atoms with E-state index in [1.54, 1.807) is 11.4 Å². The maximum Gasteiger partial charge on any atom is 0.214 e. The Morgan fingerprint density at radius 3 is 2.46 bits per heavy atom. The molecule has 0 spiro atoms. The Hall–Kier alpha value is -1.85. The van der Waals surface area contributed by atoms with Crippen LogP contribution in [0.1, 0.15) is 23.5 Å². The smallest absolute Gasteiger partial charge is 0.214 e. The molecule has 4 nitrogen and oxygen atoms in total. The van der Waals surface area contributed by atoms with Crippen molar-refractivity contribution in [1.82, 2.24) is 4.31 Å². The van der Waals surface area contributed by atoms with E-state index in [1.165, 1.54) is 5.56 Å². The average molecular weight is 345 g/mol. The van der Waals surface area contributed by atoms with Gasteiger partial charge in [-0.15, -0.1) is 0 Å². The van der Waals surface area contributed by atoms with Gasteiger partial charge in [-0.05, 0) is 42.0 Å². The zero-order valence-electron chi connectivity index (χ0n) is 13.9. The number of rotatable bonds is 6. The van der Waals surface area contributed by atoms with Gasteiger partial charge in [-0.2, -0.15) is 0 Å². The topological polar surface area (TPSA) is 46.6 Å². The van der Waals surface area contributed by atoms with Crippen molar-refractivity contribution < 1.29 is 13.2 Å². The summed E-state index contributed by atoms with van der Waals surface area (Å²) >= 11 is 0. The molecule has 2 aromatic rings. The Morgan fingerprint density at radius 2 is 1.79 bits per heavy atom. The molecule has 2 aromatic carbocycles. The van der Waals surface area contributed by atoms with Crippen molar-refractivity contribution in [1.29, 1.82) is 0 Å². The molecule has 128 valence electrons. The summed E-state index contributed by atoms with van der Waals surface area (Å²) in [5.41, 5.74) is 2.24. The Morgan fingerprint density at radius 1 is 1.08 bits per heavy atom. The summed E-state index contributed by atoms with van der Waals surface area (Å²) in [7, 11) is -1.59. The van der Waals surface area contributed by atoms with Gasteiger partial charge in [-0.3, -0.25) is 0 Å². The minimum Gasteiger partial charge on any atom is -0.497 e. The molecule has 1 atom stereocenters. The standard InChI is InChI=1S/C19H23NO3S/c1-23-19-9-7-16(8-10-19)12-14-24(21,22)20-13-11-18(15-20)17-5-3-2-4-6-17/h2-10,18H,11-15H2,1H3. The molecular weight excluding hydrogens is 322 g/mol. The van der Waals surface area contributed by atoms with Crippen molar-refractivity contribution in [3.8, 4) is 5.75 Å². The summed E-state index contributed by atoms with van der Waals surface area (Å²) in [6, 6.07) is 17.7. The van der Waals surface area contributed by atoms with Crippen LogP contribution in [0.15, 0.2) is 54.6 Å². The Kier molecular flexibility index (Phi) is 5.21. The highest BCUT2D eigenvalue weighted by molar-refractivity contribution is 7.89. The van der Waals surface area contributed by atoms with E-state index in [2.05, 4.69) is 12.1 Å². The van der Waals surface area contributed by atoms with E-state index in [0.717, 1.165) is 17.7 Å². The molecule has 0 aliphatic carbocycles. The second kappa shape index (κ2) is 7.36. The normalized spacial score (nSPS) is 18.6. The minimum atomic E-state index is -3.21. The first-order valence-corrected chi connectivity index (χ1v) is 9.85. The number of nitrogens with zero attached hydrogens (tertiary/aromatic N) is 1. The van der Waals surface area contributed by atoms with Gasteiger partial charge in [0.1, 0.15) is 5.75 Å². The first kappa shape index (κ1) is 17.0. The van der Waals surface area contributed by atoms with Crippen molar-refractivity contribution in [3.05, 3.63) is 65.7 Å².